The van der Waals surface area contributed by atoms with Crippen molar-refractivity contribution in [3.05, 3.63) is 95.6 Å². The van der Waals surface area contributed by atoms with Crippen molar-refractivity contribution in [1.29, 1.82) is 0 Å². The van der Waals surface area contributed by atoms with Gasteiger partial charge in [0.25, 0.3) is 0 Å². The molecule has 0 aliphatic heterocycles. The molecule has 1 aromatic heterocycles. The van der Waals surface area contributed by atoms with Crippen molar-refractivity contribution in [2.24, 2.45) is 0 Å². The van der Waals surface area contributed by atoms with E-state index in [2.05, 4.69) is 22.9 Å². The van der Waals surface area contributed by atoms with Crippen LogP contribution in [0.3, 0.4) is 0 Å². The van der Waals surface area contributed by atoms with Gasteiger partial charge >= 0.3 is 0 Å². The zero-order valence-electron chi connectivity index (χ0n) is 13.5. The maximum Gasteiger partial charge on any atom is 0.175 e. The second kappa shape index (κ2) is 8.60. The standard InChI is InChI=1S/C20H19FNO.BrH/c1-16-12-19(21)9-10-20(16)23-15-18-8-5-11-22(14-18)13-17-6-3-2-4-7-17;/h2-12,14H,13,15H2,1H3;1H/q+1;/p-1. The normalized spacial score (nSPS) is 10.1. The molecule has 124 valence electrons. The number of aryl methyl sites for hydroxylation is 1. The van der Waals surface area contributed by atoms with Crippen molar-refractivity contribution in [3.63, 3.8) is 0 Å². The SMILES string of the molecule is Cc1cc(F)ccc1OCc1ccc[n+](Cc2ccccc2)c1.[Br-]. The molecule has 3 rings (SSSR count). The van der Waals surface area contributed by atoms with Gasteiger partial charge in [-0.2, -0.15) is 0 Å². The molecule has 0 N–H and O–H groups in total. The fourth-order valence-corrected chi connectivity index (χ4v) is 2.49. The lowest BCUT2D eigenvalue weighted by atomic mass is 10.2. The summed E-state index contributed by atoms with van der Waals surface area (Å²) in [5.41, 5.74) is 3.13. The number of pyridine rings is 1. The molecule has 0 aliphatic carbocycles. The van der Waals surface area contributed by atoms with Crippen LogP contribution in [-0.4, -0.2) is 0 Å². The van der Waals surface area contributed by atoms with E-state index in [-0.39, 0.29) is 22.8 Å². The smallest absolute Gasteiger partial charge is 0.175 e. The first-order valence-electron chi connectivity index (χ1n) is 7.61. The van der Waals surface area contributed by atoms with Gasteiger partial charge in [0.05, 0.1) is 5.56 Å². The minimum absolute atomic E-state index is 0. The minimum Gasteiger partial charge on any atom is -1.00 e. The van der Waals surface area contributed by atoms with Gasteiger partial charge in [0.1, 0.15) is 18.2 Å². The zero-order valence-corrected chi connectivity index (χ0v) is 15.0. The van der Waals surface area contributed by atoms with Crippen LogP contribution in [-0.2, 0) is 13.2 Å². The number of hydrogen-bond acceptors (Lipinski definition) is 1. The number of aromatic nitrogens is 1. The second-order valence-electron chi connectivity index (χ2n) is 5.57. The van der Waals surface area contributed by atoms with Crippen molar-refractivity contribution < 1.29 is 30.7 Å². The Hall–Kier alpha value is -2.20. The largest absolute Gasteiger partial charge is 1.00 e. The molecular weight excluding hydrogens is 369 g/mol. The molecule has 1 heterocycles. The molecule has 3 aromatic rings. The van der Waals surface area contributed by atoms with Gasteiger partial charge in [-0.25, -0.2) is 8.96 Å². The maximum atomic E-state index is 13.1. The van der Waals surface area contributed by atoms with Crippen LogP contribution in [0.25, 0.3) is 0 Å². The number of rotatable bonds is 5. The molecule has 0 atom stereocenters. The molecule has 2 aromatic carbocycles. The Bertz CT molecular complexity index is 793. The molecule has 0 saturated carbocycles. The Kier molecular flexibility index (Phi) is 6.50. The van der Waals surface area contributed by atoms with Gasteiger partial charge in [0.15, 0.2) is 18.9 Å². The average Bonchev–Trinajstić information content (AvgIpc) is 2.55. The second-order valence-corrected chi connectivity index (χ2v) is 5.57. The lowest BCUT2D eigenvalue weighted by molar-refractivity contribution is -0.688. The van der Waals surface area contributed by atoms with E-state index in [1.165, 1.54) is 17.7 Å². The molecule has 0 spiro atoms. The number of benzene rings is 2. The molecule has 0 unspecified atom stereocenters. The highest BCUT2D eigenvalue weighted by atomic mass is 79.9. The van der Waals surface area contributed by atoms with E-state index in [1.807, 2.05) is 43.5 Å². The van der Waals surface area contributed by atoms with Crippen molar-refractivity contribution in [3.8, 4) is 5.75 Å². The van der Waals surface area contributed by atoms with Gasteiger partial charge in [-0.1, -0.05) is 30.3 Å². The Morgan fingerprint density at radius 3 is 2.46 bits per heavy atom. The molecule has 24 heavy (non-hydrogen) atoms. The van der Waals surface area contributed by atoms with E-state index in [0.29, 0.717) is 12.4 Å². The maximum absolute atomic E-state index is 13.1. The summed E-state index contributed by atoms with van der Waals surface area (Å²) in [6.07, 6.45) is 4.12. The fourth-order valence-electron chi connectivity index (χ4n) is 2.49. The quantitative estimate of drug-likeness (QED) is 0.596. The van der Waals surface area contributed by atoms with Crippen LogP contribution in [0, 0.1) is 12.7 Å². The molecule has 0 radical (unpaired) electrons. The molecule has 2 nitrogen and oxygen atoms in total. The lowest BCUT2D eigenvalue weighted by Crippen LogP contribution is -3.00. The molecule has 0 fully saturated rings. The summed E-state index contributed by atoms with van der Waals surface area (Å²) in [6, 6.07) is 18.9. The highest BCUT2D eigenvalue weighted by Gasteiger charge is 2.06. The van der Waals surface area contributed by atoms with Crippen molar-refractivity contribution in [2.75, 3.05) is 0 Å². The van der Waals surface area contributed by atoms with Gasteiger partial charge < -0.3 is 21.7 Å². The fraction of sp³-hybridized carbons (Fsp3) is 0.150. The summed E-state index contributed by atoms with van der Waals surface area (Å²) < 4.78 is 21.0. The topological polar surface area (TPSA) is 13.1 Å². The first-order valence-corrected chi connectivity index (χ1v) is 7.61. The monoisotopic (exact) mass is 387 g/mol. The summed E-state index contributed by atoms with van der Waals surface area (Å²) in [4.78, 5) is 0. The van der Waals surface area contributed by atoms with Crippen LogP contribution < -0.4 is 26.3 Å². The Morgan fingerprint density at radius 1 is 0.958 bits per heavy atom. The van der Waals surface area contributed by atoms with E-state index in [9.17, 15) is 4.39 Å². The van der Waals surface area contributed by atoms with Crippen LogP contribution in [0.2, 0.25) is 0 Å². The third-order valence-electron chi connectivity index (χ3n) is 3.66. The summed E-state index contributed by atoms with van der Waals surface area (Å²) in [5.74, 6) is 0.472. The Morgan fingerprint density at radius 2 is 1.71 bits per heavy atom. The van der Waals surface area contributed by atoms with Crippen LogP contribution >= 0.6 is 0 Å². The zero-order chi connectivity index (χ0) is 16.1. The van der Waals surface area contributed by atoms with Crippen LogP contribution in [0.15, 0.2) is 73.1 Å². The van der Waals surface area contributed by atoms with Gasteiger partial charge in [-0.15, -0.1) is 0 Å². The summed E-state index contributed by atoms with van der Waals surface area (Å²) in [6.45, 7) is 3.13. The van der Waals surface area contributed by atoms with Gasteiger partial charge in [-0.05, 0) is 36.8 Å². The van der Waals surface area contributed by atoms with Crippen molar-refractivity contribution in [2.45, 2.75) is 20.1 Å². The first kappa shape index (κ1) is 18.1. The van der Waals surface area contributed by atoms with Crippen molar-refractivity contribution in [1.82, 2.24) is 0 Å². The summed E-state index contributed by atoms with van der Waals surface area (Å²) >= 11 is 0. The minimum atomic E-state index is -0.240. The van der Waals surface area contributed by atoms with Gasteiger partial charge in [0.2, 0.25) is 0 Å². The number of nitrogens with zero attached hydrogens (tertiary/aromatic N) is 1. The van der Waals surface area contributed by atoms with E-state index in [4.69, 9.17) is 4.74 Å². The third kappa shape index (κ3) is 4.90. The molecular formula is C20H19BrFNO. The molecule has 0 aliphatic rings. The number of ether oxygens (including phenoxy) is 1. The predicted molar refractivity (Wildman–Crippen MR) is 87.7 cm³/mol. The van der Waals surface area contributed by atoms with Gasteiger partial charge in [-0.3, -0.25) is 0 Å². The van der Waals surface area contributed by atoms with E-state index >= 15 is 0 Å². The van der Waals surface area contributed by atoms with Gasteiger partial charge in [0, 0.05) is 11.6 Å². The predicted octanol–water partition coefficient (Wildman–Crippen LogP) is 1.05. The molecule has 4 heteroatoms. The van der Waals surface area contributed by atoms with E-state index < -0.39 is 0 Å². The Balaban J connectivity index is 0.00000208. The third-order valence-corrected chi connectivity index (χ3v) is 3.66. The van der Waals surface area contributed by atoms with Crippen LogP contribution in [0.4, 0.5) is 4.39 Å². The van der Waals surface area contributed by atoms with Crippen LogP contribution in [0.5, 0.6) is 5.75 Å². The summed E-state index contributed by atoms with van der Waals surface area (Å²) in [5, 5.41) is 0. The Labute approximate surface area is 152 Å². The van der Waals surface area contributed by atoms with Crippen molar-refractivity contribution >= 4 is 0 Å². The first-order chi connectivity index (χ1) is 11.2. The molecule has 0 amide bonds. The van der Waals surface area contributed by atoms with E-state index in [0.717, 1.165) is 17.7 Å². The summed E-state index contributed by atoms with van der Waals surface area (Å²) in [7, 11) is 0. The van der Waals surface area contributed by atoms with Crippen LogP contribution in [0.1, 0.15) is 16.7 Å². The number of halogens is 2. The molecule has 0 bridgehead atoms. The van der Waals surface area contributed by atoms with E-state index in [1.54, 1.807) is 6.07 Å². The molecule has 0 saturated heterocycles. The average molecular weight is 388 g/mol. The highest BCUT2D eigenvalue weighted by Crippen LogP contribution is 2.19. The number of hydrogen-bond donors (Lipinski definition) is 0. The highest BCUT2D eigenvalue weighted by molar-refractivity contribution is 5.32. The lowest BCUT2D eigenvalue weighted by Gasteiger charge is -2.08.